The molecule has 1 saturated carbocycles. The molecular weight excluding hydrogens is 213 g/mol. The van der Waals surface area contributed by atoms with Crippen molar-refractivity contribution in [2.75, 3.05) is 6.61 Å². The highest BCUT2D eigenvalue weighted by atomic mass is 19.1. The van der Waals surface area contributed by atoms with Crippen molar-refractivity contribution in [3.8, 4) is 5.75 Å². The maximum atomic E-state index is 13.2. The van der Waals surface area contributed by atoms with Crippen LogP contribution in [0, 0.1) is 21.8 Å². The van der Waals surface area contributed by atoms with Crippen molar-refractivity contribution in [1.82, 2.24) is 0 Å². The Bertz CT molecular complexity index is 404. The summed E-state index contributed by atoms with van der Waals surface area (Å²) in [7, 11) is 0. The Kier molecular flexibility index (Phi) is 3.03. The van der Waals surface area contributed by atoms with Gasteiger partial charge >= 0.3 is 5.69 Å². The van der Waals surface area contributed by atoms with Crippen LogP contribution in [0.1, 0.15) is 19.3 Å². The third-order valence-electron chi connectivity index (χ3n) is 2.83. The molecule has 0 amide bonds. The first kappa shape index (κ1) is 10.9. The highest BCUT2D eigenvalue weighted by Gasteiger charge is 2.19. The second kappa shape index (κ2) is 4.47. The van der Waals surface area contributed by atoms with Gasteiger partial charge in [-0.1, -0.05) is 6.42 Å². The van der Waals surface area contributed by atoms with Crippen molar-refractivity contribution in [2.24, 2.45) is 5.92 Å². The summed E-state index contributed by atoms with van der Waals surface area (Å²) in [6, 6.07) is 3.63. The number of nitro benzene ring substituents is 1. The van der Waals surface area contributed by atoms with Crippen molar-refractivity contribution in [1.29, 1.82) is 0 Å². The lowest BCUT2D eigenvalue weighted by Gasteiger charge is -2.25. The van der Waals surface area contributed by atoms with Crippen LogP contribution in [0.5, 0.6) is 5.75 Å². The van der Waals surface area contributed by atoms with Crippen LogP contribution in [0.4, 0.5) is 10.1 Å². The molecule has 0 heterocycles. The predicted molar refractivity (Wildman–Crippen MR) is 55.9 cm³/mol. The fourth-order valence-corrected chi connectivity index (χ4v) is 1.60. The monoisotopic (exact) mass is 225 g/mol. The normalized spacial score (nSPS) is 15.6. The van der Waals surface area contributed by atoms with Gasteiger partial charge in [0.05, 0.1) is 11.5 Å². The molecule has 86 valence electrons. The van der Waals surface area contributed by atoms with Crippen LogP contribution in [0.15, 0.2) is 18.2 Å². The van der Waals surface area contributed by atoms with E-state index in [9.17, 15) is 14.5 Å². The van der Waals surface area contributed by atoms with E-state index in [0.29, 0.717) is 18.3 Å². The van der Waals surface area contributed by atoms with Crippen LogP contribution >= 0.6 is 0 Å². The molecule has 2 rings (SSSR count). The van der Waals surface area contributed by atoms with Gasteiger partial charge in [0.1, 0.15) is 5.75 Å². The number of hydrogen-bond donors (Lipinski definition) is 0. The van der Waals surface area contributed by atoms with Gasteiger partial charge in [-0.15, -0.1) is 0 Å². The van der Waals surface area contributed by atoms with Crippen LogP contribution in [-0.2, 0) is 0 Å². The minimum absolute atomic E-state index is 0.356. The van der Waals surface area contributed by atoms with E-state index in [1.54, 1.807) is 0 Å². The molecule has 0 atom stereocenters. The van der Waals surface area contributed by atoms with Gasteiger partial charge in [0.15, 0.2) is 0 Å². The van der Waals surface area contributed by atoms with Crippen molar-refractivity contribution >= 4 is 5.69 Å². The van der Waals surface area contributed by atoms with Crippen molar-refractivity contribution < 1.29 is 14.1 Å². The minimum Gasteiger partial charge on any atom is -0.493 e. The van der Waals surface area contributed by atoms with Gasteiger partial charge in [0.25, 0.3) is 0 Å². The molecule has 0 unspecified atom stereocenters. The second-order valence-electron chi connectivity index (χ2n) is 3.98. The molecule has 0 aliphatic heterocycles. The predicted octanol–water partition coefficient (Wildman–Crippen LogP) is 2.91. The number of rotatable bonds is 4. The molecule has 4 nitrogen and oxygen atoms in total. The zero-order valence-electron chi connectivity index (χ0n) is 8.69. The van der Waals surface area contributed by atoms with E-state index in [4.69, 9.17) is 4.74 Å². The molecule has 1 aromatic carbocycles. The summed E-state index contributed by atoms with van der Waals surface area (Å²) in [5, 5.41) is 10.4. The summed E-state index contributed by atoms with van der Waals surface area (Å²) in [5.41, 5.74) is -0.518. The first-order valence-electron chi connectivity index (χ1n) is 5.23. The summed E-state index contributed by atoms with van der Waals surface area (Å²) < 4.78 is 18.6. The zero-order chi connectivity index (χ0) is 11.5. The summed E-state index contributed by atoms with van der Waals surface area (Å²) in [5.74, 6) is 0.0596. The van der Waals surface area contributed by atoms with Gasteiger partial charge < -0.3 is 4.74 Å². The molecular formula is C11H12FNO3. The summed E-state index contributed by atoms with van der Waals surface area (Å²) in [4.78, 5) is 9.63. The van der Waals surface area contributed by atoms with Crippen molar-refractivity contribution in [3.05, 3.63) is 34.1 Å². The summed E-state index contributed by atoms with van der Waals surface area (Å²) in [6.45, 7) is 0.567. The number of ether oxygens (including phenoxy) is 1. The molecule has 0 bridgehead atoms. The van der Waals surface area contributed by atoms with E-state index < -0.39 is 16.4 Å². The Hall–Kier alpha value is -1.65. The molecule has 0 saturated heterocycles. The van der Waals surface area contributed by atoms with E-state index in [1.807, 2.05) is 0 Å². The van der Waals surface area contributed by atoms with E-state index in [1.165, 1.54) is 12.5 Å². The molecule has 16 heavy (non-hydrogen) atoms. The van der Waals surface area contributed by atoms with Crippen molar-refractivity contribution in [2.45, 2.75) is 19.3 Å². The smallest absolute Gasteiger partial charge is 0.305 e. The fourth-order valence-electron chi connectivity index (χ4n) is 1.60. The van der Waals surface area contributed by atoms with Gasteiger partial charge in [-0.25, -0.2) is 0 Å². The highest BCUT2D eigenvalue weighted by Crippen LogP contribution is 2.28. The Balaban J connectivity index is 1.99. The standard InChI is InChI=1S/C11H12FNO3/c12-10-6-9(4-5-11(10)13(14)15)16-7-8-2-1-3-8/h4-6,8H,1-3,7H2. The first-order chi connectivity index (χ1) is 7.66. The molecule has 1 fully saturated rings. The van der Waals surface area contributed by atoms with Gasteiger partial charge in [0, 0.05) is 12.1 Å². The van der Waals surface area contributed by atoms with Crippen LogP contribution in [0.25, 0.3) is 0 Å². The Morgan fingerprint density at radius 1 is 1.50 bits per heavy atom. The largest absolute Gasteiger partial charge is 0.493 e. The maximum absolute atomic E-state index is 13.2. The molecule has 0 spiro atoms. The number of halogens is 1. The van der Waals surface area contributed by atoms with Gasteiger partial charge in [0.2, 0.25) is 5.82 Å². The van der Waals surface area contributed by atoms with Crippen molar-refractivity contribution in [3.63, 3.8) is 0 Å². The lowest BCUT2D eigenvalue weighted by Crippen LogP contribution is -2.19. The number of hydrogen-bond acceptors (Lipinski definition) is 3. The zero-order valence-corrected chi connectivity index (χ0v) is 8.69. The van der Waals surface area contributed by atoms with Gasteiger partial charge in [-0.05, 0) is 24.8 Å². The molecule has 0 radical (unpaired) electrons. The topological polar surface area (TPSA) is 52.4 Å². The Morgan fingerprint density at radius 3 is 2.75 bits per heavy atom. The summed E-state index contributed by atoms with van der Waals surface area (Å²) in [6.07, 6.45) is 3.52. The minimum atomic E-state index is -0.851. The lowest BCUT2D eigenvalue weighted by molar-refractivity contribution is -0.387. The summed E-state index contributed by atoms with van der Waals surface area (Å²) >= 11 is 0. The number of nitrogens with zero attached hydrogens (tertiary/aromatic N) is 1. The first-order valence-corrected chi connectivity index (χ1v) is 5.23. The maximum Gasteiger partial charge on any atom is 0.305 e. The molecule has 0 N–H and O–H groups in total. The number of benzene rings is 1. The Morgan fingerprint density at radius 2 is 2.25 bits per heavy atom. The third-order valence-corrected chi connectivity index (χ3v) is 2.83. The second-order valence-corrected chi connectivity index (χ2v) is 3.98. The highest BCUT2D eigenvalue weighted by molar-refractivity contribution is 5.37. The van der Waals surface area contributed by atoms with Crippen LogP contribution in [0.2, 0.25) is 0 Å². The quantitative estimate of drug-likeness (QED) is 0.584. The van der Waals surface area contributed by atoms with Crippen LogP contribution in [-0.4, -0.2) is 11.5 Å². The third kappa shape index (κ3) is 2.29. The van der Waals surface area contributed by atoms with Crippen LogP contribution < -0.4 is 4.74 Å². The molecule has 1 aromatic rings. The molecule has 0 aromatic heterocycles. The van der Waals surface area contributed by atoms with E-state index >= 15 is 0 Å². The fraction of sp³-hybridized carbons (Fsp3) is 0.455. The Labute approximate surface area is 92.2 Å². The molecule has 5 heteroatoms. The molecule has 1 aliphatic carbocycles. The SMILES string of the molecule is O=[N+]([O-])c1ccc(OCC2CCC2)cc1F. The average molecular weight is 225 g/mol. The van der Waals surface area contributed by atoms with Gasteiger partial charge in [-0.3, -0.25) is 10.1 Å². The van der Waals surface area contributed by atoms with E-state index in [-0.39, 0.29) is 0 Å². The number of nitro groups is 1. The van der Waals surface area contributed by atoms with Gasteiger partial charge in [-0.2, -0.15) is 4.39 Å². The van der Waals surface area contributed by atoms with E-state index in [2.05, 4.69) is 0 Å². The lowest BCUT2D eigenvalue weighted by atomic mass is 9.86. The molecule has 1 aliphatic rings. The van der Waals surface area contributed by atoms with Crippen LogP contribution in [0.3, 0.4) is 0 Å². The average Bonchev–Trinajstić information content (AvgIpc) is 2.14. The van der Waals surface area contributed by atoms with E-state index in [0.717, 1.165) is 25.0 Å².